The van der Waals surface area contributed by atoms with Crippen LogP contribution in [-0.4, -0.2) is 21.1 Å². The molecule has 1 N–H and O–H groups in total. The fraction of sp³-hybridized carbons (Fsp3) is 0. The van der Waals surface area contributed by atoms with Gasteiger partial charge in [0.15, 0.2) is 0 Å². The lowest BCUT2D eigenvalue weighted by molar-refractivity contribution is -0.384. The first-order chi connectivity index (χ1) is 15.6. The molecular weight excluding hydrogens is 446 g/mol. The molecule has 0 aliphatic carbocycles. The van der Waals surface area contributed by atoms with E-state index in [4.69, 9.17) is 11.6 Å². The van der Waals surface area contributed by atoms with Crippen LogP contribution < -0.4 is 5.43 Å². The van der Waals surface area contributed by atoms with Crippen molar-refractivity contribution in [3.05, 3.63) is 92.9 Å². The van der Waals surface area contributed by atoms with Gasteiger partial charge in [0.1, 0.15) is 5.15 Å². The van der Waals surface area contributed by atoms with E-state index in [0.717, 1.165) is 21.7 Å². The number of nitro benzene ring substituents is 1. The van der Waals surface area contributed by atoms with Crippen molar-refractivity contribution in [1.82, 2.24) is 9.97 Å². The van der Waals surface area contributed by atoms with E-state index in [0.29, 0.717) is 27.1 Å². The average Bonchev–Trinajstić information content (AvgIpc) is 3.28. The maximum absolute atomic E-state index is 11.0. The number of hydrogen-bond acceptors (Lipinski definition) is 7. The summed E-state index contributed by atoms with van der Waals surface area (Å²) in [6.45, 7) is 0. The number of anilines is 1. The molecule has 0 atom stereocenters. The molecule has 0 bridgehead atoms. The highest BCUT2D eigenvalue weighted by atomic mass is 35.5. The summed E-state index contributed by atoms with van der Waals surface area (Å²) in [7, 11) is 0. The van der Waals surface area contributed by atoms with Crippen molar-refractivity contribution in [3.8, 4) is 11.3 Å². The number of nitrogens with one attached hydrogen (secondary N) is 1. The van der Waals surface area contributed by atoms with Gasteiger partial charge in [-0.15, -0.1) is 11.3 Å². The van der Waals surface area contributed by atoms with Crippen molar-refractivity contribution in [1.29, 1.82) is 0 Å². The number of hydrogen-bond donors (Lipinski definition) is 1. The minimum Gasteiger partial charge on any atom is -0.258 e. The van der Waals surface area contributed by atoms with Gasteiger partial charge in [-0.25, -0.2) is 9.97 Å². The lowest BCUT2D eigenvalue weighted by Gasteiger charge is -2.06. The smallest absolute Gasteiger partial charge is 0.258 e. The molecule has 0 unspecified atom stereocenters. The van der Waals surface area contributed by atoms with Crippen LogP contribution in [0, 0.1) is 10.1 Å². The number of halogens is 1. The molecule has 3 aromatic carbocycles. The van der Waals surface area contributed by atoms with E-state index in [1.165, 1.54) is 23.5 Å². The van der Waals surface area contributed by atoms with Gasteiger partial charge < -0.3 is 0 Å². The van der Waals surface area contributed by atoms with Gasteiger partial charge in [0.2, 0.25) is 5.13 Å². The molecule has 2 aromatic heterocycles. The van der Waals surface area contributed by atoms with E-state index >= 15 is 0 Å². The van der Waals surface area contributed by atoms with Gasteiger partial charge in [0, 0.05) is 34.0 Å². The lowest BCUT2D eigenvalue weighted by atomic mass is 10.0. The standard InChI is InChI=1S/C23H14ClN5O2S/c24-22-16(11-19-18-7-2-1-4-14(18)8-9-20(19)26-22)12-25-28-23-27-21(13-32-23)15-5-3-6-17(10-15)29(30)31/h1-13H,(H,27,28). The Morgan fingerprint density at radius 1 is 1.03 bits per heavy atom. The summed E-state index contributed by atoms with van der Waals surface area (Å²) in [5.74, 6) is 0. The van der Waals surface area contributed by atoms with Crippen LogP contribution in [0.1, 0.15) is 5.56 Å². The maximum Gasteiger partial charge on any atom is 0.270 e. The van der Waals surface area contributed by atoms with Crippen LogP contribution >= 0.6 is 22.9 Å². The van der Waals surface area contributed by atoms with Gasteiger partial charge in [0.05, 0.1) is 22.3 Å². The molecule has 0 aliphatic heterocycles. The molecule has 5 aromatic rings. The zero-order valence-corrected chi connectivity index (χ0v) is 18.0. The number of aromatic nitrogens is 2. The van der Waals surface area contributed by atoms with Crippen molar-refractivity contribution in [2.24, 2.45) is 5.10 Å². The Labute approximate surface area is 191 Å². The first-order valence-electron chi connectivity index (χ1n) is 9.56. The Bertz CT molecular complexity index is 1520. The number of thiazole rings is 1. The topological polar surface area (TPSA) is 93.3 Å². The number of fused-ring (bicyclic) bond motifs is 3. The second kappa shape index (κ2) is 8.33. The Morgan fingerprint density at radius 3 is 2.78 bits per heavy atom. The zero-order chi connectivity index (χ0) is 22.1. The van der Waals surface area contributed by atoms with Gasteiger partial charge in [-0.1, -0.05) is 54.1 Å². The first kappa shape index (κ1) is 20.0. The van der Waals surface area contributed by atoms with Gasteiger partial charge in [-0.2, -0.15) is 5.10 Å². The normalized spacial score (nSPS) is 11.4. The fourth-order valence-electron chi connectivity index (χ4n) is 3.40. The van der Waals surface area contributed by atoms with Crippen LogP contribution in [0.25, 0.3) is 32.9 Å². The second-order valence-electron chi connectivity index (χ2n) is 6.94. The Kier molecular flexibility index (Phi) is 5.22. The Hall–Kier alpha value is -3.88. The third kappa shape index (κ3) is 3.89. The largest absolute Gasteiger partial charge is 0.270 e. The van der Waals surface area contributed by atoms with Crippen LogP contribution in [0.3, 0.4) is 0 Å². The molecular formula is C23H14ClN5O2S. The second-order valence-corrected chi connectivity index (χ2v) is 8.15. The number of nitrogens with zero attached hydrogens (tertiary/aromatic N) is 4. The van der Waals surface area contributed by atoms with Crippen LogP contribution in [-0.2, 0) is 0 Å². The SMILES string of the molecule is O=[N+]([O-])c1cccc(-c2csc(NN=Cc3cc4c(ccc5ccccc54)nc3Cl)n2)c1. The van der Waals surface area contributed by atoms with Crippen LogP contribution in [0.5, 0.6) is 0 Å². The number of hydrazone groups is 1. The molecule has 7 nitrogen and oxygen atoms in total. The molecule has 0 fully saturated rings. The molecule has 9 heteroatoms. The lowest BCUT2D eigenvalue weighted by Crippen LogP contribution is -1.94. The maximum atomic E-state index is 11.0. The van der Waals surface area contributed by atoms with Gasteiger partial charge in [-0.05, 0) is 22.9 Å². The number of non-ortho nitro benzene ring substituents is 1. The summed E-state index contributed by atoms with van der Waals surface area (Å²) in [6, 6.07) is 20.4. The summed E-state index contributed by atoms with van der Waals surface area (Å²) in [4.78, 5) is 19.5. The summed E-state index contributed by atoms with van der Waals surface area (Å²) < 4.78 is 0. The summed E-state index contributed by atoms with van der Waals surface area (Å²) in [6.07, 6.45) is 1.60. The van der Waals surface area contributed by atoms with E-state index in [1.54, 1.807) is 18.3 Å². The molecule has 0 spiro atoms. The molecule has 2 heterocycles. The van der Waals surface area contributed by atoms with E-state index < -0.39 is 4.92 Å². The summed E-state index contributed by atoms with van der Waals surface area (Å²) >= 11 is 7.71. The van der Waals surface area contributed by atoms with Crippen LogP contribution in [0.4, 0.5) is 10.8 Å². The number of pyridine rings is 1. The first-order valence-corrected chi connectivity index (χ1v) is 10.8. The molecule has 0 saturated heterocycles. The number of nitro groups is 1. The van der Waals surface area contributed by atoms with Gasteiger partial charge in [-0.3, -0.25) is 15.5 Å². The molecule has 32 heavy (non-hydrogen) atoms. The van der Waals surface area contributed by atoms with Crippen molar-refractivity contribution in [2.45, 2.75) is 0 Å². The minimum atomic E-state index is -0.427. The van der Waals surface area contributed by atoms with Gasteiger partial charge in [0.25, 0.3) is 5.69 Å². The van der Waals surface area contributed by atoms with E-state index in [-0.39, 0.29) is 5.69 Å². The van der Waals surface area contributed by atoms with Crippen molar-refractivity contribution >= 4 is 61.6 Å². The predicted octanol–water partition coefficient (Wildman–Crippen LogP) is 6.52. The highest BCUT2D eigenvalue weighted by molar-refractivity contribution is 7.14. The molecule has 0 aliphatic rings. The quantitative estimate of drug-likeness (QED) is 0.106. The van der Waals surface area contributed by atoms with Gasteiger partial charge >= 0.3 is 0 Å². The van der Waals surface area contributed by atoms with E-state index in [1.807, 2.05) is 35.7 Å². The molecule has 5 rings (SSSR count). The summed E-state index contributed by atoms with van der Waals surface area (Å²) in [5, 5.41) is 21.2. The Morgan fingerprint density at radius 2 is 1.91 bits per heavy atom. The minimum absolute atomic E-state index is 0.0222. The van der Waals surface area contributed by atoms with E-state index in [9.17, 15) is 10.1 Å². The highest BCUT2D eigenvalue weighted by Crippen LogP contribution is 2.29. The van der Waals surface area contributed by atoms with Crippen molar-refractivity contribution in [2.75, 3.05) is 5.43 Å². The third-order valence-corrected chi connectivity index (χ3v) is 5.97. The van der Waals surface area contributed by atoms with E-state index in [2.05, 4.69) is 32.6 Å². The highest BCUT2D eigenvalue weighted by Gasteiger charge is 2.10. The molecule has 0 saturated carbocycles. The van der Waals surface area contributed by atoms with Crippen molar-refractivity contribution < 1.29 is 4.92 Å². The number of benzene rings is 3. The molecule has 156 valence electrons. The third-order valence-electron chi connectivity index (χ3n) is 4.93. The van der Waals surface area contributed by atoms with Crippen molar-refractivity contribution in [3.63, 3.8) is 0 Å². The Balaban J connectivity index is 1.40. The van der Waals surface area contributed by atoms with Crippen LogP contribution in [0.15, 0.2) is 77.2 Å². The average molecular weight is 460 g/mol. The molecule has 0 amide bonds. The number of rotatable bonds is 5. The predicted molar refractivity (Wildman–Crippen MR) is 130 cm³/mol. The molecule has 0 radical (unpaired) electrons. The fourth-order valence-corrected chi connectivity index (χ4v) is 4.27. The monoisotopic (exact) mass is 459 g/mol. The zero-order valence-electron chi connectivity index (χ0n) is 16.4. The van der Waals surface area contributed by atoms with Crippen LogP contribution in [0.2, 0.25) is 5.15 Å². The summed E-state index contributed by atoms with van der Waals surface area (Å²) in [5.41, 5.74) is 5.71.